The summed E-state index contributed by atoms with van der Waals surface area (Å²) in [4.78, 5) is 15.0. The number of benzene rings is 1. The number of pyridine rings is 1. The van der Waals surface area contributed by atoms with Crippen LogP contribution in [0.2, 0.25) is 0 Å². The fourth-order valence-electron chi connectivity index (χ4n) is 3.52. The smallest absolute Gasteiger partial charge is 0.338 e. The van der Waals surface area contributed by atoms with Crippen molar-refractivity contribution in [3.8, 4) is 6.07 Å². The molecule has 0 aliphatic heterocycles. The van der Waals surface area contributed by atoms with Crippen molar-refractivity contribution in [2.24, 2.45) is 5.92 Å². The van der Waals surface area contributed by atoms with Crippen LogP contribution in [-0.4, -0.2) is 27.0 Å². The first-order valence-corrected chi connectivity index (χ1v) is 10.7. The standard InChI is InChI=1S/C21H24F3N5O.C2H3N/c1-12(2)26-18(21(22,23)24)14-5-7-15(8-6-14)27-19-17-16(9-10-25-20(17)30)29(28-19)11-13-3-4-13;1-2-3/h5-10,12-13,18,26H,3-4,11H2,1-2H3,(H,25,30)(H,27,28);1H3. The first kappa shape index (κ1) is 24.3. The van der Waals surface area contributed by atoms with E-state index in [1.54, 1.807) is 38.2 Å². The molecular weight excluding hydrogens is 433 g/mol. The molecular formula is C23H27F3N6O. The van der Waals surface area contributed by atoms with Gasteiger partial charge in [0.2, 0.25) is 0 Å². The van der Waals surface area contributed by atoms with Gasteiger partial charge >= 0.3 is 6.18 Å². The van der Waals surface area contributed by atoms with Gasteiger partial charge in [-0.2, -0.15) is 23.5 Å². The van der Waals surface area contributed by atoms with Gasteiger partial charge in [-0.1, -0.05) is 26.0 Å². The van der Waals surface area contributed by atoms with E-state index in [0.29, 0.717) is 22.8 Å². The minimum absolute atomic E-state index is 0.128. The highest BCUT2D eigenvalue weighted by atomic mass is 19.4. The van der Waals surface area contributed by atoms with Crippen LogP contribution in [0, 0.1) is 17.2 Å². The number of alkyl halides is 3. The molecule has 0 saturated heterocycles. The van der Waals surface area contributed by atoms with Gasteiger partial charge in [0, 0.05) is 31.4 Å². The lowest BCUT2D eigenvalue weighted by molar-refractivity contribution is -0.159. The Labute approximate surface area is 189 Å². The molecule has 3 aromatic rings. The van der Waals surface area contributed by atoms with E-state index in [0.717, 1.165) is 24.9 Å². The minimum Gasteiger partial charge on any atom is -0.338 e. The van der Waals surface area contributed by atoms with Crippen LogP contribution in [0.25, 0.3) is 10.9 Å². The second-order valence-corrected chi connectivity index (χ2v) is 8.31. The van der Waals surface area contributed by atoms with Gasteiger partial charge < -0.3 is 15.6 Å². The number of anilines is 2. The van der Waals surface area contributed by atoms with Crippen LogP contribution in [0.1, 0.15) is 45.2 Å². The lowest BCUT2D eigenvalue weighted by Crippen LogP contribution is -2.38. The fraction of sp³-hybridized carbons (Fsp3) is 0.435. The van der Waals surface area contributed by atoms with E-state index in [2.05, 4.69) is 20.7 Å². The van der Waals surface area contributed by atoms with Crippen molar-refractivity contribution in [3.05, 3.63) is 52.4 Å². The van der Waals surface area contributed by atoms with E-state index in [1.807, 2.05) is 10.7 Å². The average molecular weight is 461 g/mol. The van der Waals surface area contributed by atoms with Crippen molar-refractivity contribution >= 4 is 22.4 Å². The van der Waals surface area contributed by atoms with Crippen LogP contribution in [0.15, 0.2) is 41.3 Å². The maximum Gasteiger partial charge on any atom is 0.407 e. The van der Waals surface area contributed by atoms with E-state index in [-0.39, 0.29) is 17.2 Å². The van der Waals surface area contributed by atoms with Gasteiger partial charge in [0.15, 0.2) is 5.82 Å². The molecule has 10 heteroatoms. The number of nitrogens with zero attached hydrogens (tertiary/aromatic N) is 3. The van der Waals surface area contributed by atoms with Crippen LogP contribution in [0.3, 0.4) is 0 Å². The predicted molar refractivity (Wildman–Crippen MR) is 121 cm³/mol. The first-order valence-electron chi connectivity index (χ1n) is 10.7. The van der Waals surface area contributed by atoms with Crippen molar-refractivity contribution in [3.63, 3.8) is 0 Å². The molecule has 176 valence electrons. The van der Waals surface area contributed by atoms with Gasteiger partial charge in [0.1, 0.15) is 11.4 Å². The molecule has 2 aromatic heterocycles. The molecule has 1 aliphatic carbocycles. The van der Waals surface area contributed by atoms with Crippen LogP contribution < -0.4 is 16.2 Å². The molecule has 0 bridgehead atoms. The van der Waals surface area contributed by atoms with Crippen LogP contribution in [0.5, 0.6) is 0 Å². The molecule has 3 N–H and O–H groups in total. The zero-order valence-corrected chi connectivity index (χ0v) is 18.7. The Balaban J connectivity index is 0.000000968. The SMILES string of the molecule is CC#N.CC(C)NC(c1ccc(Nc2nn(CC3CC3)c3cc[nH]c(=O)c23)cc1)C(F)(F)F. The van der Waals surface area contributed by atoms with Crippen molar-refractivity contribution in [2.45, 2.75) is 58.4 Å². The molecule has 1 aromatic carbocycles. The number of hydrogen-bond acceptors (Lipinski definition) is 5. The summed E-state index contributed by atoms with van der Waals surface area (Å²) in [5.41, 5.74) is 1.17. The molecule has 1 fully saturated rings. The van der Waals surface area contributed by atoms with E-state index in [9.17, 15) is 18.0 Å². The third-order valence-electron chi connectivity index (χ3n) is 5.14. The number of aromatic amines is 1. The Kier molecular flexibility index (Phi) is 7.43. The van der Waals surface area contributed by atoms with E-state index in [4.69, 9.17) is 5.26 Å². The average Bonchev–Trinajstić information content (AvgIpc) is 3.48. The lowest BCUT2D eigenvalue weighted by atomic mass is 10.1. The van der Waals surface area contributed by atoms with Crippen LogP contribution in [-0.2, 0) is 6.54 Å². The van der Waals surface area contributed by atoms with E-state index in [1.165, 1.54) is 19.1 Å². The first-order chi connectivity index (χ1) is 15.6. The maximum absolute atomic E-state index is 13.4. The molecule has 0 amide bonds. The Morgan fingerprint density at radius 1 is 1.24 bits per heavy atom. The third kappa shape index (κ3) is 6.14. The van der Waals surface area contributed by atoms with Crippen molar-refractivity contribution in [1.82, 2.24) is 20.1 Å². The third-order valence-corrected chi connectivity index (χ3v) is 5.14. The number of H-pyrrole nitrogens is 1. The van der Waals surface area contributed by atoms with Gasteiger partial charge in [-0.05, 0) is 42.5 Å². The van der Waals surface area contributed by atoms with Crippen molar-refractivity contribution in [1.29, 1.82) is 5.26 Å². The van der Waals surface area contributed by atoms with Crippen molar-refractivity contribution in [2.75, 3.05) is 5.32 Å². The second-order valence-electron chi connectivity index (χ2n) is 8.31. The monoisotopic (exact) mass is 460 g/mol. The highest BCUT2D eigenvalue weighted by Gasteiger charge is 2.40. The fourth-order valence-corrected chi connectivity index (χ4v) is 3.52. The van der Waals surface area contributed by atoms with Gasteiger partial charge in [-0.3, -0.25) is 9.48 Å². The summed E-state index contributed by atoms with van der Waals surface area (Å²) in [7, 11) is 0. The topological polar surface area (TPSA) is 98.5 Å². The van der Waals surface area contributed by atoms with Gasteiger partial charge in [-0.25, -0.2) is 0 Å². The number of halogens is 3. The zero-order valence-electron chi connectivity index (χ0n) is 18.7. The van der Waals surface area contributed by atoms with Gasteiger partial charge in [0.05, 0.1) is 11.6 Å². The highest BCUT2D eigenvalue weighted by molar-refractivity contribution is 5.91. The number of aromatic nitrogens is 3. The number of nitriles is 1. The Morgan fingerprint density at radius 3 is 2.42 bits per heavy atom. The summed E-state index contributed by atoms with van der Waals surface area (Å²) in [5, 5.41) is 18.0. The minimum atomic E-state index is -4.40. The lowest BCUT2D eigenvalue weighted by Gasteiger charge is -2.24. The molecule has 2 heterocycles. The molecule has 1 saturated carbocycles. The summed E-state index contributed by atoms with van der Waals surface area (Å²) in [5.74, 6) is 0.972. The summed E-state index contributed by atoms with van der Waals surface area (Å²) < 4.78 is 42.1. The van der Waals surface area contributed by atoms with Crippen LogP contribution >= 0.6 is 0 Å². The predicted octanol–water partition coefficient (Wildman–Crippen LogP) is 5.01. The molecule has 1 aliphatic rings. The molecule has 33 heavy (non-hydrogen) atoms. The normalized spacial score (nSPS) is 14.5. The molecule has 0 radical (unpaired) electrons. The summed E-state index contributed by atoms with van der Waals surface area (Å²) in [6.07, 6.45) is -0.503. The molecule has 7 nitrogen and oxygen atoms in total. The molecule has 4 rings (SSSR count). The quantitative estimate of drug-likeness (QED) is 0.460. The van der Waals surface area contributed by atoms with Crippen LogP contribution in [0.4, 0.5) is 24.7 Å². The summed E-state index contributed by atoms with van der Waals surface area (Å²) in [6.45, 7) is 5.53. The second kappa shape index (κ2) is 10.1. The highest BCUT2D eigenvalue weighted by Crippen LogP contribution is 2.35. The Morgan fingerprint density at radius 2 is 1.88 bits per heavy atom. The number of hydrogen-bond donors (Lipinski definition) is 3. The van der Waals surface area contributed by atoms with Crippen molar-refractivity contribution < 1.29 is 13.2 Å². The maximum atomic E-state index is 13.4. The largest absolute Gasteiger partial charge is 0.407 e. The number of rotatable bonds is 7. The van der Waals surface area contributed by atoms with E-state index < -0.39 is 12.2 Å². The number of nitrogens with one attached hydrogen (secondary N) is 3. The molecule has 1 unspecified atom stereocenters. The Bertz CT molecular complexity index is 1170. The molecule has 1 atom stereocenters. The summed E-state index contributed by atoms with van der Waals surface area (Å²) >= 11 is 0. The van der Waals surface area contributed by atoms with E-state index >= 15 is 0 Å². The van der Waals surface area contributed by atoms with Gasteiger partial charge in [0.25, 0.3) is 5.56 Å². The Hall–Kier alpha value is -3.32. The summed E-state index contributed by atoms with van der Waals surface area (Å²) in [6, 6.07) is 7.51. The van der Waals surface area contributed by atoms with Gasteiger partial charge in [-0.15, -0.1) is 0 Å². The molecule has 0 spiro atoms. The zero-order chi connectivity index (χ0) is 24.2. The number of fused-ring (bicyclic) bond motifs is 1.